The maximum Gasteiger partial charge on any atom is 0.224 e. The first-order chi connectivity index (χ1) is 7.34. The molecule has 0 aliphatic rings. The lowest BCUT2D eigenvalue weighted by atomic mass is 10.2. The van der Waals surface area contributed by atoms with Crippen molar-refractivity contribution in [3.63, 3.8) is 0 Å². The van der Waals surface area contributed by atoms with Gasteiger partial charge in [-0.15, -0.1) is 0 Å². The molecule has 0 spiro atoms. The summed E-state index contributed by atoms with van der Waals surface area (Å²) in [7, 11) is 0. The molecule has 0 saturated carbocycles. The predicted octanol–water partition coefficient (Wildman–Crippen LogP) is 2.67. The molecule has 0 atom stereocenters. The molecule has 0 aliphatic carbocycles. The second-order valence-electron chi connectivity index (χ2n) is 3.22. The molecule has 2 nitrogen and oxygen atoms in total. The van der Waals surface area contributed by atoms with E-state index in [0.29, 0.717) is 13.0 Å². The number of hydrogen-bond donors (Lipinski definition) is 1. The molecule has 2 heterocycles. The Morgan fingerprint density at radius 1 is 1.13 bits per heavy atom. The van der Waals surface area contributed by atoms with Gasteiger partial charge in [-0.25, -0.2) is 0 Å². The number of amides is 1. The zero-order valence-corrected chi connectivity index (χ0v) is 9.74. The van der Waals surface area contributed by atoms with E-state index in [0.717, 1.165) is 5.56 Å². The highest BCUT2D eigenvalue weighted by atomic mass is 32.1. The van der Waals surface area contributed by atoms with Gasteiger partial charge in [-0.3, -0.25) is 4.79 Å². The van der Waals surface area contributed by atoms with Crippen molar-refractivity contribution >= 4 is 28.6 Å². The zero-order chi connectivity index (χ0) is 10.5. The van der Waals surface area contributed by atoms with Gasteiger partial charge in [-0.05, 0) is 44.8 Å². The van der Waals surface area contributed by atoms with Crippen molar-refractivity contribution in [3.05, 3.63) is 44.8 Å². The number of thiophene rings is 2. The lowest BCUT2D eigenvalue weighted by Gasteiger charge is -2.02. The van der Waals surface area contributed by atoms with Crippen LogP contribution in [0.25, 0.3) is 0 Å². The Hall–Kier alpha value is -1.13. The Morgan fingerprint density at radius 2 is 1.80 bits per heavy atom. The largest absolute Gasteiger partial charge is 0.352 e. The van der Waals surface area contributed by atoms with Crippen molar-refractivity contribution in [1.29, 1.82) is 0 Å². The number of nitrogens with one attached hydrogen (secondary N) is 1. The third-order valence-electron chi connectivity index (χ3n) is 2.01. The van der Waals surface area contributed by atoms with Crippen LogP contribution >= 0.6 is 22.7 Å². The Kier molecular flexibility index (Phi) is 3.53. The van der Waals surface area contributed by atoms with E-state index in [2.05, 4.69) is 5.32 Å². The molecule has 1 N–H and O–H groups in total. The van der Waals surface area contributed by atoms with Gasteiger partial charge in [0.15, 0.2) is 0 Å². The number of rotatable bonds is 4. The maximum absolute atomic E-state index is 11.5. The topological polar surface area (TPSA) is 29.1 Å². The third kappa shape index (κ3) is 3.18. The van der Waals surface area contributed by atoms with Crippen LogP contribution in [0.1, 0.15) is 11.1 Å². The molecule has 0 aliphatic heterocycles. The molecule has 2 aromatic heterocycles. The molecular formula is C11H11NOS2. The fourth-order valence-electron chi connectivity index (χ4n) is 1.24. The Labute approximate surface area is 96.6 Å². The Balaban J connectivity index is 1.78. The summed E-state index contributed by atoms with van der Waals surface area (Å²) < 4.78 is 0. The van der Waals surface area contributed by atoms with Crippen molar-refractivity contribution in [2.75, 3.05) is 0 Å². The molecule has 2 rings (SSSR count). The van der Waals surface area contributed by atoms with Gasteiger partial charge in [-0.2, -0.15) is 22.7 Å². The molecule has 0 unspecified atom stereocenters. The van der Waals surface area contributed by atoms with Gasteiger partial charge < -0.3 is 5.32 Å². The van der Waals surface area contributed by atoms with Crippen LogP contribution in [0.2, 0.25) is 0 Å². The van der Waals surface area contributed by atoms with Gasteiger partial charge in [0.2, 0.25) is 5.91 Å². The number of carbonyl (C=O) groups is 1. The summed E-state index contributed by atoms with van der Waals surface area (Å²) in [4.78, 5) is 11.5. The summed E-state index contributed by atoms with van der Waals surface area (Å²) in [5, 5.41) is 10.9. The highest BCUT2D eigenvalue weighted by molar-refractivity contribution is 7.08. The second-order valence-corrected chi connectivity index (χ2v) is 4.78. The molecular weight excluding hydrogens is 226 g/mol. The quantitative estimate of drug-likeness (QED) is 0.870. The van der Waals surface area contributed by atoms with Crippen LogP contribution in [0.15, 0.2) is 33.7 Å². The minimum absolute atomic E-state index is 0.0830. The lowest BCUT2D eigenvalue weighted by molar-refractivity contribution is -0.120. The average molecular weight is 237 g/mol. The molecule has 2 aromatic rings. The van der Waals surface area contributed by atoms with Crippen molar-refractivity contribution in [2.45, 2.75) is 13.0 Å². The van der Waals surface area contributed by atoms with Crippen LogP contribution < -0.4 is 5.32 Å². The Morgan fingerprint density at radius 3 is 2.40 bits per heavy atom. The van der Waals surface area contributed by atoms with Crippen LogP contribution in [0.5, 0.6) is 0 Å². The minimum atomic E-state index is 0.0830. The van der Waals surface area contributed by atoms with Gasteiger partial charge in [0, 0.05) is 6.54 Å². The van der Waals surface area contributed by atoms with Crippen LogP contribution in [0.3, 0.4) is 0 Å². The molecule has 4 heteroatoms. The fourth-order valence-corrected chi connectivity index (χ4v) is 2.57. The monoisotopic (exact) mass is 237 g/mol. The predicted molar refractivity (Wildman–Crippen MR) is 64.2 cm³/mol. The average Bonchev–Trinajstić information content (AvgIpc) is 2.86. The van der Waals surface area contributed by atoms with Crippen molar-refractivity contribution in [1.82, 2.24) is 5.32 Å². The van der Waals surface area contributed by atoms with E-state index in [-0.39, 0.29) is 5.91 Å². The smallest absolute Gasteiger partial charge is 0.224 e. The number of carbonyl (C=O) groups excluding carboxylic acids is 1. The minimum Gasteiger partial charge on any atom is -0.352 e. The fraction of sp³-hybridized carbons (Fsp3) is 0.182. The van der Waals surface area contributed by atoms with Gasteiger partial charge in [0.05, 0.1) is 6.42 Å². The van der Waals surface area contributed by atoms with Crippen molar-refractivity contribution in [3.8, 4) is 0 Å². The molecule has 0 fully saturated rings. The molecule has 0 saturated heterocycles. The van der Waals surface area contributed by atoms with Crippen LogP contribution in [-0.2, 0) is 17.8 Å². The normalized spacial score (nSPS) is 10.1. The summed E-state index contributed by atoms with van der Waals surface area (Å²) in [5.74, 6) is 0.0830. The first kappa shape index (κ1) is 10.4. The summed E-state index contributed by atoms with van der Waals surface area (Å²) >= 11 is 3.27. The third-order valence-corrected chi connectivity index (χ3v) is 3.48. The summed E-state index contributed by atoms with van der Waals surface area (Å²) in [5.41, 5.74) is 2.25. The van der Waals surface area contributed by atoms with E-state index in [1.807, 2.05) is 33.7 Å². The van der Waals surface area contributed by atoms with Gasteiger partial charge in [-0.1, -0.05) is 0 Å². The van der Waals surface area contributed by atoms with E-state index in [1.54, 1.807) is 22.7 Å². The molecule has 0 bridgehead atoms. The summed E-state index contributed by atoms with van der Waals surface area (Å²) in [6, 6.07) is 4.00. The standard InChI is InChI=1S/C11H11NOS2/c13-11(5-9-1-3-14-7-9)12-6-10-2-4-15-8-10/h1-4,7-8H,5-6H2,(H,12,13). The summed E-state index contributed by atoms with van der Waals surface area (Å²) in [6.45, 7) is 0.631. The maximum atomic E-state index is 11.5. The number of hydrogen-bond acceptors (Lipinski definition) is 3. The molecule has 0 radical (unpaired) electrons. The van der Waals surface area contributed by atoms with E-state index in [1.165, 1.54) is 5.56 Å². The molecule has 0 aromatic carbocycles. The SMILES string of the molecule is O=C(Cc1ccsc1)NCc1ccsc1. The van der Waals surface area contributed by atoms with Gasteiger partial charge >= 0.3 is 0 Å². The van der Waals surface area contributed by atoms with Gasteiger partial charge in [0.25, 0.3) is 0 Å². The highest BCUT2D eigenvalue weighted by Crippen LogP contribution is 2.07. The Bertz CT molecular complexity index is 406. The zero-order valence-electron chi connectivity index (χ0n) is 8.10. The molecule has 78 valence electrons. The van der Waals surface area contributed by atoms with E-state index >= 15 is 0 Å². The first-order valence-electron chi connectivity index (χ1n) is 4.63. The lowest BCUT2D eigenvalue weighted by Crippen LogP contribution is -2.24. The van der Waals surface area contributed by atoms with Crippen LogP contribution in [0.4, 0.5) is 0 Å². The molecule has 1 amide bonds. The van der Waals surface area contributed by atoms with Crippen LogP contribution in [-0.4, -0.2) is 5.91 Å². The van der Waals surface area contributed by atoms with E-state index in [4.69, 9.17) is 0 Å². The second kappa shape index (κ2) is 5.09. The van der Waals surface area contributed by atoms with E-state index in [9.17, 15) is 4.79 Å². The first-order valence-corrected chi connectivity index (χ1v) is 6.52. The highest BCUT2D eigenvalue weighted by Gasteiger charge is 2.03. The molecule has 15 heavy (non-hydrogen) atoms. The van der Waals surface area contributed by atoms with Crippen molar-refractivity contribution in [2.24, 2.45) is 0 Å². The van der Waals surface area contributed by atoms with Gasteiger partial charge in [0.1, 0.15) is 0 Å². The van der Waals surface area contributed by atoms with Crippen molar-refractivity contribution < 1.29 is 4.79 Å². The summed E-state index contributed by atoms with van der Waals surface area (Å²) in [6.07, 6.45) is 0.480. The van der Waals surface area contributed by atoms with E-state index < -0.39 is 0 Å². The van der Waals surface area contributed by atoms with Crippen LogP contribution in [0, 0.1) is 0 Å².